The predicted octanol–water partition coefficient (Wildman–Crippen LogP) is 3.36. The Morgan fingerprint density at radius 3 is 2.61 bits per heavy atom. The highest BCUT2D eigenvalue weighted by molar-refractivity contribution is 5.96. The standard InChI is InChI=1S/C13H17NO4/c1-4-9(3)18-13-8-10(12(15)5-2)6-7-11(13)14(16)17/h6-9H,4-5H2,1-3H3. The van der Waals surface area contributed by atoms with Crippen molar-refractivity contribution < 1.29 is 14.5 Å². The molecule has 0 bridgehead atoms. The van der Waals surface area contributed by atoms with E-state index in [-0.39, 0.29) is 23.3 Å². The predicted molar refractivity (Wildman–Crippen MR) is 68.1 cm³/mol. The summed E-state index contributed by atoms with van der Waals surface area (Å²) in [5, 5.41) is 10.9. The van der Waals surface area contributed by atoms with Crippen LogP contribution < -0.4 is 4.74 Å². The number of hydrogen-bond donors (Lipinski definition) is 0. The van der Waals surface area contributed by atoms with E-state index in [4.69, 9.17) is 4.74 Å². The number of benzene rings is 1. The molecule has 0 radical (unpaired) electrons. The van der Waals surface area contributed by atoms with Crippen molar-refractivity contribution in [2.45, 2.75) is 39.7 Å². The maximum Gasteiger partial charge on any atom is 0.310 e. The first-order chi connectivity index (χ1) is 8.49. The fraction of sp³-hybridized carbons (Fsp3) is 0.462. The van der Waals surface area contributed by atoms with E-state index < -0.39 is 4.92 Å². The zero-order valence-electron chi connectivity index (χ0n) is 10.8. The molecule has 0 aliphatic rings. The average molecular weight is 251 g/mol. The summed E-state index contributed by atoms with van der Waals surface area (Å²) in [7, 11) is 0. The van der Waals surface area contributed by atoms with Crippen LogP contribution in [0, 0.1) is 10.1 Å². The lowest BCUT2D eigenvalue weighted by molar-refractivity contribution is -0.386. The summed E-state index contributed by atoms with van der Waals surface area (Å²) in [6.07, 6.45) is 0.972. The van der Waals surface area contributed by atoms with E-state index in [0.29, 0.717) is 12.0 Å². The number of nitrogens with zero attached hydrogens (tertiary/aromatic N) is 1. The van der Waals surface area contributed by atoms with Crippen LogP contribution in [-0.2, 0) is 0 Å². The number of ketones is 1. The Hall–Kier alpha value is -1.91. The number of rotatable bonds is 6. The monoisotopic (exact) mass is 251 g/mol. The van der Waals surface area contributed by atoms with Crippen LogP contribution in [0.2, 0.25) is 0 Å². The highest BCUT2D eigenvalue weighted by atomic mass is 16.6. The fourth-order valence-electron chi connectivity index (χ4n) is 1.44. The minimum absolute atomic E-state index is 0.0566. The third-order valence-corrected chi connectivity index (χ3v) is 2.70. The van der Waals surface area contributed by atoms with Crippen LogP contribution in [0.25, 0.3) is 0 Å². The SMILES string of the molecule is CCC(=O)c1ccc([N+](=O)[O-])c(OC(C)CC)c1. The highest BCUT2D eigenvalue weighted by Gasteiger charge is 2.19. The van der Waals surface area contributed by atoms with Crippen LogP contribution in [0.15, 0.2) is 18.2 Å². The molecule has 0 aliphatic heterocycles. The van der Waals surface area contributed by atoms with E-state index in [9.17, 15) is 14.9 Å². The molecule has 0 saturated carbocycles. The van der Waals surface area contributed by atoms with Gasteiger partial charge in [-0.1, -0.05) is 13.8 Å². The van der Waals surface area contributed by atoms with Gasteiger partial charge in [-0.2, -0.15) is 0 Å². The summed E-state index contributed by atoms with van der Waals surface area (Å²) in [5.41, 5.74) is 0.337. The molecular weight excluding hydrogens is 234 g/mol. The number of nitro groups is 1. The molecule has 1 rings (SSSR count). The van der Waals surface area contributed by atoms with E-state index in [2.05, 4.69) is 0 Å². The van der Waals surface area contributed by atoms with Crippen molar-refractivity contribution in [3.8, 4) is 5.75 Å². The van der Waals surface area contributed by atoms with Gasteiger partial charge in [0.1, 0.15) is 0 Å². The van der Waals surface area contributed by atoms with E-state index in [0.717, 1.165) is 6.42 Å². The molecule has 1 aromatic rings. The number of nitro benzene ring substituents is 1. The van der Waals surface area contributed by atoms with Crippen molar-refractivity contribution in [1.82, 2.24) is 0 Å². The Bertz CT molecular complexity index is 456. The maximum atomic E-state index is 11.6. The molecule has 1 aromatic carbocycles. The Morgan fingerprint density at radius 2 is 2.11 bits per heavy atom. The lowest BCUT2D eigenvalue weighted by atomic mass is 10.1. The summed E-state index contributed by atoms with van der Waals surface area (Å²) in [4.78, 5) is 22.0. The molecule has 0 amide bonds. The van der Waals surface area contributed by atoms with Gasteiger partial charge in [0.05, 0.1) is 11.0 Å². The van der Waals surface area contributed by atoms with Crippen LogP contribution in [-0.4, -0.2) is 16.8 Å². The van der Waals surface area contributed by atoms with E-state index in [1.165, 1.54) is 18.2 Å². The van der Waals surface area contributed by atoms with Crippen molar-refractivity contribution in [1.29, 1.82) is 0 Å². The second kappa shape index (κ2) is 6.14. The van der Waals surface area contributed by atoms with Gasteiger partial charge < -0.3 is 4.74 Å². The van der Waals surface area contributed by atoms with Gasteiger partial charge in [0.2, 0.25) is 0 Å². The van der Waals surface area contributed by atoms with Crippen LogP contribution in [0.4, 0.5) is 5.69 Å². The van der Waals surface area contributed by atoms with Crippen LogP contribution in [0.5, 0.6) is 5.75 Å². The second-order valence-corrected chi connectivity index (χ2v) is 4.05. The first-order valence-corrected chi connectivity index (χ1v) is 5.97. The largest absolute Gasteiger partial charge is 0.484 e. The normalized spacial score (nSPS) is 11.9. The third-order valence-electron chi connectivity index (χ3n) is 2.70. The molecule has 18 heavy (non-hydrogen) atoms. The Balaban J connectivity index is 3.15. The second-order valence-electron chi connectivity index (χ2n) is 4.05. The molecule has 5 heteroatoms. The quantitative estimate of drug-likeness (QED) is 0.441. The molecule has 0 aliphatic carbocycles. The molecule has 0 spiro atoms. The van der Waals surface area contributed by atoms with Crippen molar-refractivity contribution in [3.63, 3.8) is 0 Å². The zero-order valence-corrected chi connectivity index (χ0v) is 10.8. The first-order valence-electron chi connectivity index (χ1n) is 5.97. The third kappa shape index (κ3) is 3.29. The van der Waals surface area contributed by atoms with Gasteiger partial charge >= 0.3 is 5.69 Å². The van der Waals surface area contributed by atoms with Gasteiger partial charge in [-0.25, -0.2) is 0 Å². The van der Waals surface area contributed by atoms with Gasteiger partial charge in [-0.15, -0.1) is 0 Å². The molecule has 1 unspecified atom stereocenters. The fourth-order valence-corrected chi connectivity index (χ4v) is 1.44. The van der Waals surface area contributed by atoms with Crippen molar-refractivity contribution in [2.75, 3.05) is 0 Å². The first kappa shape index (κ1) is 14.2. The van der Waals surface area contributed by atoms with Crippen LogP contribution in [0.3, 0.4) is 0 Å². The molecule has 0 fully saturated rings. The number of carbonyl (C=O) groups excluding carboxylic acids is 1. The van der Waals surface area contributed by atoms with E-state index in [1.807, 2.05) is 13.8 Å². The van der Waals surface area contributed by atoms with Crippen molar-refractivity contribution in [3.05, 3.63) is 33.9 Å². The molecular formula is C13H17NO4. The van der Waals surface area contributed by atoms with Crippen LogP contribution >= 0.6 is 0 Å². The smallest absolute Gasteiger partial charge is 0.310 e. The molecule has 5 nitrogen and oxygen atoms in total. The molecule has 98 valence electrons. The number of carbonyl (C=O) groups is 1. The number of hydrogen-bond acceptors (Lipinski definition) is 4. The van der Waals surface area contributed by atoms with Gasteiger partial charge in [-0.05, 0) is 25.5 Å². The highest BCUT2D eigenvalue weighted by Crippen LogP contribution is 2.29. The van der Waals surface area contributed by atoms with Gasteiger partial charge in [0, 0.05) is 18.1 Å². The number of Topliss-reactive ketones (excluding diaryl/α,β-unsaturated/α-hetero) is 1. The van der Waals surface area contributed by atoms with Gasteiger partial charge in [-0.3, -0.25) is 14.9 Å². The summed E-state index contributed by atoms with van der Waals surface area (Å²) in [6, 6.07) is 4.24. The average Bonchev–Trinajstić information content (AvgIpc) is 2.37. The molecule has 0 saturated heterocycles. The zero-order chi connectivity index (χ0) is 13.7. The molecule has 1 atom stereocenters. The molecule has 0 aromatic heterocycles. The van der Waals surface area contributed by atoms with Crippen molar-refractivity contribution in [2.24, 2.45) is 0 Å². The maximum absolute atomic E-state index is 11.6. The molecule has 0 heterocycles. The summed E-state index contributed by atoms with van der Waals surface area (Å²) >= 11 is 0. The Labute approximate surface area is 106 Å². The van der Waals surface area contributed by atoms with Gasteiger partial charge in [0.15, 0.2) is 11.5 Å². The van der Waals surface area contributed by atoms with E-state index >= 15 is 0 Å². The lowest BCUT2D eigenvalue weighted by Gasteiger charge is -2.13. The Morgan fingerprint density at radius 1 is 1.44 bits per heavy atom. The van der Waals surface area contributed by atoms with E-state index in [1.54, 1.807) is 6.92 Å². The minimum atomic E-state index is -0.502. The summed E-state index contributed by atoms with van der Waals surface area (Å²) in [5.74, 6) is 0.104. The Kier molecular flexibility index (Phi) is 4.83. The van der Waals surface area contributed by atoms with Crippen molar-refractivity contribution >= 4 is 11.5 Å². The summed E-state index contributed by atoms with van der Waals surface area (Å²) in [6.45, 7) is 5.51. The topological polar surface area (TPSA) is 69.4 Å². The minimum Gasteiger partial charge on any atom is -0.484 e. The van der Waals surface area contributed by atoms with Crippen LogP contribution in [0.1, 0.15) is 44.0 Å². The number of ether oxygens (including phenoxy) is 1. The lowest BCUT2D eigenvalue weighted by Crippen LogP contribution is -2.11. The summed E-state index contributed by atoms with van der Waals surface area (Å²) < 4.78 is 5.50. The molecule has 0 N–H and O–H groups in total. The van der Waals surface area contributed by atoms with Gasteiger partial charge in [0.25, 0.3) is 0 Å².